The van der Waals surface area contributed by atoms with Crippen LogP contribution in [0, 0.1) is 20.8 Å². The Morgan fingerprint density at radius 1 is 1.09 bits per heavy atom. The minimum absolute atomic E-state index is 0.166. The molecule has 0 spiro atoms. The van der Waals surface area contributed by atoms with Crippen LogP contribution in [-0.4, -0.2) is 32.9 Å². The Hall–Kier alpha value is -3.03. The third-order valence-corrected chi connectivity index (χ3v) is 3.52. The molecule has 118 valence electrons. The number of benzene rings is 1. The van der Waals surface area contributed by atoms with Crippen molar-refractivity contribution in [2.75, 3.05) is 4.90 Å². The molecule has 1 saturated heterocycles. The van der Waals surface area contributed by atoms with Crippen LogP contribution in [0.4, 0.5) is 10.5 Å². The molecule has 0 saturated carbocycles. The second-order valence-electron chi connectivity index (χ2n) is 5.33. The Kier molecular flexibility index (Phi) is 3.44. The van der Waals surface area contributed by atoms with Crippen molar-refractivity contribution in [3.8, 4) is 0 Å². The number of imide groups is 2. The van der Waals surface area contributed by atoms with Crippen LogP contribution in [0.25, 0.3) is 0 Å². The number of carbonyl (C=O) groups excluding carboxylic acids is 3. The molecule has 23 heavy (non-hydrogen) atoms. The first-order valence-electron chi connectivity index (χ1n) is 6.95. The van der Waals surface area contributed by atoms with E-state index in [1.165, 1.54) is 0 Å². The van der Waals surface area contributed by atoms with Crippen molar-refractivity contribution < 1.29 is 18.9 Å². The molecule has 0 unspecified atom stereocenters. The molecule has 1 aliphatic heterocycles. The fourth-order valence-electron chi connectivity index (χ4n) is 2.46. The van der Waals surface area contributed by atoms with Crippen molar-refractivity contribution in [1.82, 2.24) is 15.0 Å². The molecule has 2 aromatic rings. The number of nitrogens with zero attached hydrogens (tertiary/aromatic N) is 4. The van der Waals surface area contributed by atoms with E-state index in [0.717, 1.165) is 20.9 Å². The highest BCUT2D eigenvalue weighted by molar-refractivity contribution is 6.52. The summed E-state index contributed by atoms with van der Waals surface area (Å²) in [5, 5.41) is 3.64. The molecule has 3 rings (SSSR count). The monoisotopic (exact) mass is 314 g/mol. The first-order chi connectivity index (χ1) is 10.9. The Labute approximate surface area is 131 Å². The Morgan fingerprint density at radius 2 is 1.83 bits per heavy atom. The van der Waals surface area contributed by atoms with E-state index in [1.807, 2.05) is 13.0 Å². The third kappa shape index (κ3) is 2.48. The number of aromatic nitrogens is 2. The number of carbonyl (C=O) groups is 3. The lowest BCUT2D eigenvalue weighted by Crippen LogP contribution is -2.33. The first kappa shape index (κ1) is 14.9. The second kappa shape index (κ2) is 5.31. The summed E-state index contributed by atoms with van der Waals surface area (Å²) in [4.78, 5) is 42.5. The fourth-order valence-corrected chi connectivity index (χ4v) is 2.46. The largest absolute Gasteiger partial charge is 0.340 e. The van der Waals surface area contributed by atoms with Gasteiger partial charge in [-0.25, -0.2) is 14.6 Å². The minimum Gasteiger partial charge on any atom is -0.340 e. The van der Waals surface area contributed by atoms with E-state index in [2.05, 4.69) is 10.1 Å². The zero-order chi connectivity index (χ0) is 16.7. The average molecular weight is 314 g/mol. The fraction of sp³-hybridized carbons (Fsp3) is 0.267. The molecule has 1 aliphatic rings. The molecule has 0 N–H and O–H groups in total. The maximum absolute atomic E-state index is 12.5. The minimum atomic E-state index is -0.905. The Morgan fingerprint density at radius 3 is 2.43 bits per heavy atom. The number of aryl methyl sites for hydroxylation is 3. The topological polar surface area (TPSA) is 96.6 Å². The first-order valence-corrected chi connectivity index (χ1v) is 6.95. The average Bonchev–Trinajstić information content (AvgIpc) is 2.98. The smallest absolute Gasteiger partial charge is 0.339 e. The summed E-state index contributed by atoms with van der Waals surface area (Å²) >= 11 is 0. The maximum atomic E-state index is 12.5. The highest BCUT2D eigenvalue weighted by Crippen LogP contribution is 2.27. The number of anilines is 1. The molecule has 8 nitrogen and oxygen atoms in total. The molecule has 1 fully saturated rings. The predicted octanol–water partition coefficient (Wildman–Crippen LogP) is 1.49. The van der Waals surface area contributed by atoms with Crippen LogP contribution in [0.1, 0.15) is 22.8 Å². The summed E-state index contributed by atoms with van der Waals surface area (Å²) in [7, 11) is 0. The molecule has 4 amide bonds. The van der Waals surface area contributed by atoms with Crippen molar-refractivity contribution in [2.45, 2.75) is 27.3 Å². The second-order valence-corrected chi connectivity index (χ2v) is 5.33. The highest BCUT2D eigenvalue weighted by Gasteiger charge is 2.46. The molecule has 0 atom stereocenters. The van der Waals surface area contributed by atoms with Gasteiger partial charge in [0.25, 0.3) is 0 Å². The van der Waals surface area contributed by atoms with Crippen LogP contribution in [0.2, 0.25) is 0 Å². The van der Waals surface area contributed by atoms with E-state index >= 15 is 0 Å². The van der Waals surface area contributed by atoms with Crippen molar-refractivity contribution in [2.24, 2.45) is 0 Å². The lowest BCUT2D eigenvalue weighted by Gasteiger charge is -2.16. The summed E-state index contributed by atoms with van der Waals surface area (Å²) < 4.78 is 4.81. The molecule has 1 aromatic heterocycles. The molecule has 0 aliphatic carbocycles. The summed E-state index contributed by atoms with van der Waals surface area (Å²) in [6.07, 6.45) is 0. The van der Waals surface area contributed by atoms with E-state index in [-0.39, 0.29) is 12.4 Å². The van der Waals surface area contributed by atoms with Gasteiger partial charge in [0.1, 0.15) is 0 Å². The highest BCUT2D eigenvalue weighted by atomic mass is 16.5. The van der Waals surface area contributed by atoms with Crippen LogP contribution in [0.3, 0.4) is 0 Å². The van der Waals surface area contributed by atoms with Gasteiger partial charge in [0, 0.05) is 6.92 Å². The van der Waals surface area contributed by atoms with Crippen molar-refractivity contribution in [1.29, 1.82) is 0 Å². The van der Waals surface area contributed by atoms with Crippen LogP contribution in [0.15, 0.2) is 22.7 Å². The summed E-state index contributed by atoms with van der Waals surface area (Å²) in [5.41, 5.74) is 2.12. The molecule has 2 heterocycles. The van der Waals surface area contributed by atoms with E-state index in [0.29, 0.717) is 11.6 Å². The number of hydrogen-bond donors (Lipinski definition) is 0. The van der Waals surface area contributed by atoms with Gasteiger partial charge in [-0.1, -0.05) is 22.9 Å². The predicted molar refractivity (Wildman–Crippen MR) is 78.4 cm³/mol. The van der Waals surface area contributed by atoms with Gasteiger partial charge in [0.15, 0.2) is 5.82 Å². The summed E-state index contributed by atoms with van der Waals surface area (Å²) in [6.45, 7) is 5.07. The van der Waals surface area contributed by atoms with Gasteiger partial charge < -0.3 is 4.52 Å². The van der Waals surface area contributed by atoms with Gasteiger partial charge in [-0.3, -0.25) is 9.59 Å². The molecule has 0 radical (unpaired) electrons. The van der Waals surface area contributed by atoms with E-state index in [9.17, 15) is 14.4 Å². The molecular weight excluding hydrogens is 300 g/mol. The van der Waals surface area contributed by atoms with Crippen LogP contribution >= 0.6 is 0 Å². The van der Waals surface area contributed by atoms with Crippen LogP contribution < -0.4 is 4.90 Å². The summed E-state index contributed by atoms with van der Waals surface area (Å²) in [5.74, 6) is -1.31. The van der Waals surface area contributed by atoms with Gasteiger partial charge in [-0.2, -0.15) is 4.98 Å². The van der Waals surface area contributed by atoms with Gasteiger partial charge >= 0.3 is 17.8 Å². The standard InChI is InChI=1S/C15H14N4O4/c1-8-4-5-11(9(2)6-8)19-14(21)13(20)18(15(19)22)7-12-16-10(3)23-17-12/h4-6H,7H2,1-3H3. The van der Waals surface area contributed by atoms with Crippen LogP contribution in [-0.2, 0) is 16.1 Å². The van der Waals surface area contributed by atoms with Gasteiger partial charge in [-0.05, 0) is 25.5 Å². The lowest BCUT2D eigenvalue weighted by molar-refractivity contribution is -0.139. The molecule has 0 bridgehead atoms. The SMILES string of the molecule is Cc1ccc(N2C(=O)C(=O)N(Cc3noc(C)n3)C2=O)c(C)c1. The zero-order valence-corrected chi connectivity index (χ0v) is 12.9. The van der Waals surface area contributed by atoms with E-state index in [1.54, 1.807) is 26.0 Å². The molecule has 1 aromatic carbocycles. The van der Waals surface area contributed by atoms with Gasteiger partial charge in [0.2, 0.25) is 5.89 Å². The molecular formula is C15H14N4O4. The van der Waals surface area contributed by atoms with Crippen LogP contribution in [0.5, 0.6) is 0 Å². The molecule has 8 heteroatoms. The zero-order valence-electron chi connectivity index (χ0n) is 12.9. The Balaban J connectivity index is 1.93. The quantitative estimate of drug-likeness (QED) is 0.629. The van der Waals surface area contributed by atoms with Gasteiger partial charge in [0.05, 0.1) is 12.2 Å². The van der Waals surface area contributed by atoms with Gasteiger partial charge in [-0.15, -0.1) is 0 Å². The number of rotatable bonds is 3. The number of hydrogen-bond acceptors (Lipinski definition) is 6. The lowest BCUT2D eigenvalue weighted by atomic mass is 10.1. The summed E-state index contributed by atoms with van der Waals surface area (Å²) in [6, 6.07) is 4.55. The number of amides is 4. The Bertz CT molecular complexity index is 827. The van der Waals surface area contributed by atoms with Crippen molar-refractivity contribution >= 4 is 23.5 Å². The van der Waals surface area contributed by atoms with Crippen molar-refractivity contribution in [3.05, 3.63) is 41.0 Å². The maximum Gasteiger partial charge on any atom is 0.339 e. The van der Waals surface area contributed by atoms with E-state index in [4.69, 9.17) is 4.52 Å². The normalized spacial score (nSPS) is 15.0. The third-order valence-electron chi connectivity index (χ3n) is 3.52. The van der Waals surface area contributed by atoms with E-state index < -0.39 is 17.8 Å². The number of urea groups is 1. The van der Waals surface area contributed by atoms with Crippen molar-refractivity contribution in [3.63, 3.8) is 0 Å².